The Morgan fingerprint density at radius 3 is 2.75 bits per heavy atom. The summed E-state index contributed by atoms with van der Waals surface area (Å²) in [6, 6.07) is 8.89. The molecular weight excluding hydrogens is 591 g/mol. The Balaban J connectivity index is 1.44. The molecule has 1 fully saturated rings. The Hall–Kier alpha value is -4.45. The number of amides is 4. The number of hydrogen-bond donors (Lipinski definition) is 4. The number of carbonyl (C=O) groups excluding carboxylic acids is 4. The summed E-state index contributed by atoms with van der Waals surface area (Å²) in [6.07, 6.45) is 3.07. The molecule has 13 heteroatoms. The smallest absolute Gasteiger partial charge is 0.411 e. The zero-order chi connectivity index (χ0) is 31.5. The number of nitrogens with one attached hydrogen (secondary N) is 4. The van der Waals surface area contributed by atoms with Crippen molar-refractivity contribution in [1.82, 2.24) is 20.2 Å². The number of anilines is 2. The van der Waals surface area contributed by atoms with E-state index >= 15 is 0 Å². The molecular formula is C31H34ClFN6O5. The van der Waals surface area contributed by atoms with Crippen molar-refractivity contribution in [3.63, 3.8) is 0 Å². The molecule has 2 unspecified atom stereocenters. The van der Waals surface area contributed by atoms with E-state index in [2.05, 4.69) is 26.3 Å². The van der Waals surface area contributed by atoms with Gasteiger partial charge in [0.25, 0.3) is 5.91 Å². The molecule has 4 amide bonds. The number of piperidine rings is 1. The lowest BCUT2D eigenvalue weighted by molar-refractivity contribution is -0.124. The molecule has 11 nitrogen and oxygen atoms in total. The van der Waals surface area contributed by atoms with Crippen LogP contribution < -0.4 is 21.3 Å². The van der Waals surface area contributed by atoms with Crippen LogP contribution in [0.2, 0.25) is 5.02 Å². The quantitative estimate of drug-likeness (QED) is 0.319. The standard InChI is InChI=1S/C31H34ClFN6O5/c1-16-6-4-8-22(37-30(42)28-17(2)39(15-34-28)25-9-5-7-21(32)27(25)33)24-12-18(13-26(40)36-24)20-11-10-19(35-31(43)44-3)14-23(20)38-29(16)41/h5,7,9-11,14-16,18,22,24H,4,6,8,12-13H2,1-3H3,(H,35,43)(H,36,40)(H,37,42)(H,38,41)/t16-,18?,22+,24?/m1/s1. The molecule has 5 rings (SSSR count). The van der Waals surface area contributed by atoms with Gasteiger partial charge in [-0.05, 0) is 61.9 Å². The number of nitrogens with zero attached hydrogens (tertiary/aromatic N) is 2. The van der Waals surface area contributed by atoms with Gasteiger partial charge in [-0.25, -0.2) is 14.2 Å². The van der Waals surface area contributed by atoms with Crippen LogP contribution in [0.15, 0.2) is 42.7 Å². The maximum absolute atomic E-state index is 14.7. The van der Waals surface area contributed by atoms with Crippen molar-refractivity contribution >= 4 is 46.8 Å². The Morgan fingerprint density at radius 2 is 1.98 bits per heavy atom. The normalized spacial score (nSPS) is 21.9. The lowest BCUT2D eigenvalue weighted by Crippen LogP contribution is -2.55. The lowest BCUT2D eigenvalue weighted by Gasteiger charge is -2.37. The molecule has 4 atom stereocenters. The average Bonchev–Trinajstić information content (AvgIpc) is 3.38. The van der Waals surface area contributed by atoms with Crippen molar-refractivity contribution in [1.29, 1.82) is 0 Å². The number of carbonyl (C=O) groups is 4. The van der Waals surface area contributed by atoms with Gasteiger partial charge in [-0.1, -0.05) is 37.1 Å². The number of imidazole rings is 1. The van der Waals surface area contributed by atoms with E-state index in [1.54, 1.807) is 37.3 Å². The molecule has 2 bridgehead atoms. The SMILES string of the molecule is COC(=O)Nc1ccc2c(c1)NC(=O)[C@H](C)CCC[C@H](NC(=O)c1ncn(-c3cccc(Cl)c3F)c1C)C1CC2CC(=O)N1. The highest BCUT2D eigenvalue weighted by Crippen LogP contribution is 2.37. The average molecular weight is 625 g/mol. The fourth-order valence-electron chi connectivity index (χ4n) is 5.90. The van der Waals surface area contributed by atoms with Gasteiger partial charge in [-0.3, -0.25) is 24.3 Å². The fraction of sp³-hybridized carbons (Fsp3) is 0.387. The van der Waals surface area contributed by atoms with Gasteiger partial charge in [0.15, 0.2) is 5.82 Å². The molecule has 1 aromatic heterocycles. The zero-order valence-electron chi connectivity index (χ0n) is 24.6. The predicted molar refractivity (Wildman–Crippen MR) is 163 cm³/mol. The summed E-state index contributed by atoms with van der Waals surface area (Å²) in [5.74, 6) is -2.05. The molecule has 0 aliphatic carbocycles. The fourth-order valence-corrected chi connectivity index (χ4v) is 6.07. The number of benzene rings is 2. The minimum atomic E-state index is -0.647. The zero-order valence-corrected chi connectivity index (χ0v) is 25.3. The Bertz CT molecular complexity index is 1610. The first-order valence-electron chi connectivity index (χ1n) is 14.4. The second kappa shape index (κ2) is 13.0. The van der Waals surface area contributed by atoms with Crippen LogP contribution in [0.1, 0.15) is 66.7 Å². The minimum Gasteiger partial charge on any atom is -0.453 e. The van der Waals surface area contributed by atoms with E-state index in [9.17, 15) is 23.6 Å². The van der Waals surface area contributed by atoms with Crippen molar-refractivity contribution in [3.8, 4) is 5.69 Å². The molecule has 3 aromatic rings. The molecule has 0 spiro atoms. The van der Waals surface area contributed by atoms with Crippen LogP contribution in [-0.4, -0.2) is 52.6 Å². The van der Waals surface area contributed by atoms with Gasteiger partial charge in [-0.15, -0.1) is 0 Å². The van der Waals surface area contributed by atoms with Crippen LogP contribution in [0.5, 0.6) is 0 Å². The van der Waals surface area contributed by atoms with Gasteiger partial charge in [0.2, 0.25) is 11.8 Å². The first kappa shape index (κ1) is 31.0. The summed E-state index contributed by atoms with van der Waals surface area (Å²) in [7, 11) is 1.26. The molecule has 232 valence electrons. The van der Waals surface area contributed by atoms with E-state index in [-0.39, 0.29) is 46.5 Å². The van der Waals surface area contributed by atoms with Crippen molar-refractivity contribution in [3.05, 3.63) is 70.5 Å². The predicted octanol–water partition coefficient (Wildman–Crippen LogP) is 5.07. The Morgan fingerprint density at radius 1 is 1.18 bits per heavy atom. The second-order valence-corrected chi connectivity index (χ2v) is 11.7. The van der Waals surface area contributed by atoms with E-state index in [1.807, 2.05) is 6.92 Å². The number of methoxy groups -OCH3 is 1. The van der Waals surface area contributed by atoms with Crippen molar-refractivity contribution in [2.24, 2.45) is 5.92 Å². The summed E-state index contributed by atoms with van der Waals surface area (Å²) in [6.45, 7) is 3.50. The number of fused-ring (bicyclic) bond motifs is 4. The van der Waals surface area contributed by atoms with Crippen LogP contribution in [0.3, 0.4) is 0 Å². The number of ether oxygens (including phenoxy) is 1. The van der Waals surface area contributed by atoms with Gasteiger partial charge in [-0.2, -0.15) is 0 Å². The molecule has 44 heavy (non-hydrogen) atoms. The van der Waals surface area contributed by atoms with Crippen molar-refractivity contribution in [2.45, 2.75) is 64.0 Å². The summed E-state index contributed by atoms with van der Waals surface area (Å²) in [5, 5.41) is 11.7. The van der Waals surface area contributed by atoms with Crippen LogP contribution in [-0.2, 0) is 14.3 Å². The highest BCUT2D eigenvalue weighted by Gasteiger charge is 2.36. The van der Waals surface area contributed by atoms with Gasteiger partial charge < -0.3 is 20.7 Å². The summed E-state index contributed by atoms with van der Waals surface area (Å²) < 4.78 is 20.9. The summed E-state index contributed by atoms with van der Waals surface area (Å²) in [4.78, 5) is 55.8. The maximum atomic E-state index is 14.7. The Labute approximate surface area is 258 Å². The topological polar surface area (TPSA) is 143 Å². The van der Waals surface area contributed by atoms with Crippen molar-refractivity contribution < 1.29 is 28.3 Å². The minimum absolute atomic E-state index is 0.0437. The van der Waals surface area contributed by atoms with Gasteiger partial charge in [0, 0.05) is 35.8 Å². The first-order chi connectivity index (χ1) is 21.0. The van der Waals surface area contributed by atoms with Crippen LogP contribution in [0.4, 0.5) is 20.6 Å². The lowest BCUT2D eigenvalue weighted by atomic mass is 9.81. The van der Waals surface area contributed by atoms with E-state index < -0.39 is 29.9 Å². The van der Waals surface area contributed by atoms with Crippen LogP contribution in [0, 0.1) is 18.7 Å². The molecule has 2 aliphatic heterocycles. The highest BCUT2D eigenvalue weighted by molar-refractivity contribution is 6.30. The van der Waals surface area contributed by atoms with E-state index in [4.69, 9.17) is 16.3 Å². The molecule has 3 heterocycles. The third-order valence-corrected chi connectivity index (χ3v) is 8.61. The number of hydrogen-bond acceptors (Lipinski definition) is 6. The maximum Gasteiger partial charge on any atom is 0.411 e. The molecule has 0 saturated carbocycles. The molecule has 4 N–H and O–H groups in total. The summed E-state index contributed by atoms with van der Waals surface area (Å²) >= 11 is 5.97. The summed E-state index contributed by atoms with van der Waals surface area (Å²) in [5.41, 5.74) is 2.42. The van der Waals surface area contributed by atoms with E-state index in [0.29, 0.717) is 42.8 Å². The molecule has 1 saturated heterocycles. The highest BCUT2D eigenvalue weighted by atomic mass is 35.5. The second-order valence-electron chi connectivity index (χ2n) is 11.3. The third-order valence-electron chi connectivity index (χ3n) is 8.31. The third kappa shape index (κ3) is 6.54. The van der Waals surface area contributed by atoms with Gasteiger partial charge in [0.1, 0.15) is 12.0 Å². The number of rotatable bonds is 4. The van der Waals surface area contributed by atoms with Crippen LogP contribution in [0.25, 0.3) is 5.69 Å². The molecule has 2 aliphatic rings. The first-order valence-corrected chi connectivity index (χ1v) is 14.8. The molecule has 2 aromatic carbocycles. The van der Waals surface area contributed by atoms with Crippen LogP contribution >= 0.6 is 11.6 Å². The van der Waals surface area contributed by atoms with Gasteiger partial charge in [0.05, 0.1) is 23.5 Å². The van der Waals surface area contributed by atoms with Crippen molar-refractivity contribution in [2.75, 3.05) is 17.7 Å². The van der Waals surface area contributed by atoms with E-state index in [0.717, 1.165) is 5.56 Å². The number of halogens is 2. The number of aromatic nitrogens is 2. The van der Waals surface area contributed by atoms with E-state index in [1.165, 1.54) is 24.1 Å². The Kier molecular flexibility index (Phi) is 9.19. The van der Waals surface area contributed by atoms with Gasteiger partial charge >= 0.3 is 6.09 Å². The largest absolute Gasteiger partial charge is 0.453 e. The monoisotopic (exact) mass is 624 g/mol. The molecule has 0 radical (unpaired) electrons.